The number of carbonyl (C=O) groups excluding carboxylic acids is 1. The molecule has 0 saturated carbocycles. The standard InChI is InChI=1S/C15H13BrFNOS/c1-9(11-4-2-3-5-14(11)17)18-15(19)12-8-10(20)6-7-13(12)16/h2-9,20H,1H3,(H,18,19). The fraction of sp³-hybridized carbons (Fsp3) is 0.133. The molecule has 1 unspecified atom stereocenters. The van der Waals surface area contributed by atoms with Gasteiger partial charge in [-0.1, -0.05) is 18.2 Å². The van der Waals surface area contributed by atoms with Crippen molar-refractivity contribution in [3.63, 3.8) is 0 Å². The molecule has 0 aliphatic heterocycles. The Labute approximate surface area is 130 Å². The molecule has 0 saturated heterocycles. The Morgan fingerprint density at radius 3 is 2.70 bits per heavy atom. The summed E-state index contributed by atoms with van der Waals surface area (Å²) in [7, 11) is 0. The van der Waals surface area contributed by atoms with Crippen molar-refractivity contribution in [2.75, 3.05) is 0 Å². The van der Waals surface area contributed by atoms with Crippen molar-refractivity contribution in [1.29, 1.82) is 0 Å². The minimum atomic E-state index is -0.417. The molecule has 1 N–H and O–H groups in total. The molecule has 0 heterocycles. The molecule has 104 valence electrons. The zero-order chi connectivity index (χ0) is 14.7. The summed E-state index contributed by atoms with van der Waals surface area (Å²) in [5, 5.41) is 2.78. The predicted molar refractivity (Wildman–Crippen MR) is 83.7 cm³/mol. The molecule has 2 nitrogen and oxygen atoms in total. The van der Waals surface area contributed by atoms with E-state index in [-0.39, 0.29) is 11.7 Å². The average Bonchev–Trinajstić information content (AvgIpc) is 2.41. The quantitative estimate of drug-likeness (QED) is 0.788. The molecule has 2 aromatic rings. The number of halogens is 2. The van der Waals surface area contributed by atoms with Crippen LogP contribution in [0.1, 0.15) is 28.9 Å². The third-order valence-corrected chi connectivity index (χ3v) is 3.88. The number of benzene rings is 2. The fourth-order valence-electron chi connectivity index (χ4n) is 1.87. The van der Waals surface area contributed by atoms with Crippen LogP contribution in [0.25, 0.3) is 0 Å². The van der Waals surface area contributed by atoms with Gasteiger partial charge in [-0.25, -0.2) is 4.39 Å². The summed E-state index contributed by atoms with van der Waals surface area (Å²) in [6.07, 6.45) is 0. The molecule has 0 aliphatic carbocycles. The summed E-state index contributed by atoms with van der Waals surface area (Å²) in [5.41, 5.74) is 0.930. The Hall–Kier alpha value is -1.33. The first-order valence-corrected chi connectivity index (χ1v) is 7.27. The van der Waals surface area contributed by atoms with E-state index >= 15 is 0 Å². The monoisotopic (exact) mass is 353 g/mol. The van der Waals surface area contributed by atoms with Crippen LogP contribution in [0.3, 0.4) is 0 Å². The molecule has 0 bridgehead atoms. The highest BCUT2D eigenvalue weighted by Crippen LogP contribution is 2.22. The largest absolute Gasteiger partial charge is 0.345 e. The highest BCUT2D eigenvalue weighted by Gasteiger charge is 2.16. The van der Waals surface area contributed by atoms with Crippen molar-refractivity contribution in [3.8, 4) is 0 Å². The molecule has 0 radical (unpaired) electrons. The van der Waals surface area contributed by atoms with E-state index < -0.39 is 6.04 Å². The van der Waals surface area contributed by atoms with Crippen molar-refractivity contribution in [2.45, 2.75) is 17.9 Å². The predicted octanol–water partition coefficient (Wildman–Crippen LogP) is 4.37. The summed E-state index contributed by atoms with van der Waals surface area (Å²) < 4.78 is 14.3. The van der Waals surface area contributed by atoms with Gasteiger partial charge in [0.2, 0.25) is 0 Å². The average molecular weight is 354 g/mol. The highest BCUT2D eigenvalue weighted by atomic mass is 79.9. The van der Waals surface area contributed by atoms with E-state index in [0.717, 1.165) is 0 Å². The number of nitrogens with one attached hydrogen (secondary N) is 1. The van der Waals surface area contributed by atoms with E-state index in [4.69, 9.17) is 0 Å². The van der Waals surface area contributed by atoms with Gasteiger partial charge in [0.05, 0.1) is 11.6 Å². The Kier molecular flexibility index (Phi) is 4.83. The van der Waals surface area contributed by atoms with Gasteiger partial charge >= 0.3 is 0 Å². The van der Waals surface area contributed by atoms with Gasteiger partial charge in [0, 0.05) is 14.9 Å². The normalized spacial score (nSPS) is 12.0. The first-order valence-electron chi connectivity index (χ1n) is 6.03. The lowest BCUT2D eigenvalue weighted by atomic mass is 10.1. The van der Waals surface area contributed by atoms with E-state index in [2.05, 4.69) is 33.9 Å². The second-order valence-corrected chi connectivity index (χ2v) is 5.75. The second-order valence-electron chi connectivity index (χ2n) is 4.38. The maximum absolute atomic E-state index is 13.7. The first-order chi connectivity index (χ1) is 9.49. The third kappa shape index (κ3) is 3.41. The van der Waals surface area contributed by atoms with Gasteiger partial charge in [0.1, 0.15) is 5.82 Å². The van der Waals surface area contributed by atoms with Crippen LogP contribution in [0.4, 0.5) is 4.39 Å². The summed E-state index contributed by atoms with van der Waals surface area (Å²) >= 11 is 7.53. The van der Waals surface area contributed by atoms with Crippen LogP contribution in [-0.2, 0) is 0 Å². The molecule has 0 aromatic heterocycles. The number of rotatable bonds is 3. The molecule has 0 fully saturated rings. The molecule has 0 aliphatic rings. The van der Waals surface area contributed by atoms with E-state index in [1.165, 1.54) is 6.07 Å². The summed E-state index contributed by atoms with van der Waals surface area (Å²) in [4.78, 5) is 12.9. The Morgan fingerprint density at radius 1 is 1.30 bits per heavy atom. The van der Waals surface area contributed by atoms with Gasteiger partial charge < -0.3 is 5.32 Å². The van der Waals surface area contributed by atoms with Crippen LogP contribution in [0.2, 0.25) is 0 Å². The Balaban J connectivity index is 2.20. The SMILES string of the molecule is CC(NC(=O)c1cc(S)ccc1Br)c1ccccc1F. The van der Waals surface area contributed by atoms with Crippen LogP contribution >= 0.6 is 28.6 Å². The molecule has 1 amide bonds. The van der Waals surface area contributed by atoms with Crippen LogP contribution in [0, 0.1) is 5.82 Å². The number of hydrogen-bond donors (Lipinski definition) is 2. The number of carbonyl (C=O) groups is 1. The number of amides is 1. The van der Waals surface area contributed by atoms with Gasteiger partial charge in [-0.2, -0.15) is 0 Å². The summed E-state index contributed by atoms with van der Waals surface area (Å²) in [6, 6.07) is 11.2. The zero-order valence-corrected chi connectivity index (χ0v) is 13.2. The molecule has 0 spiro atoms. The number of hydrogen-bond acceptors (Lipinski definition) is 2. The molecule has 1 atom stereocenters. The molecule has 5 heteroatoms. The fourth-order valence-corrected chi connectivity index (χ4v) is 2.50. The van der Waals surface area contributed by atoms with E-state index in [0.29, 0.717) is 20.5 Å². The van der Waals surface area contributed by atoms with E-state index in [9.17, 15) is 9.18 Å². The first kappa shape index (κ1) is 15.1. The maximum Gasteiger partial charge on any atom is 0.252 e. The summed E-state index contributed by atoms with van der Waals surface area (Å²) in [5.74, 6) is -0.606. The molecular formula is C15H13BrFNOS. The van der Waals surface area contributed by atoms with Gasteiger partial charge in [0.15, 0.2) is 0 Å². The van der Waals surface area contributed by atoms with Gasteiger partial charge in [-0.15, -0.1) is 12.6 Å². The third-order valence-electron chi connectivity index (χ3n) is 2.91. The van der Waals surface area contributed by atoms with E-state index in [1.54, 1.807) is 43.3 Å². The van der Waals surface area contributed by atoms with Crippen LogP contribution in [0.15, 0.2) is 51.8 Å². The minimum Gasteiger partial charge on any atom is -0.345 e. The molecule has 20 heavy (non-hydrogen) atoms. The number of thiol groups is 1. The van der Waals surface area contributed by atoms with Gasteiger partial charge in [-0.3, -0.25) is 4.79 Å². The second kappa shape index (κ2) is 6.41. The van der Waals surface area contributed by atoms with Crippen molar-refractivity contribution in [3.05, 3.63) is 63.9 Å². The Morgan fingerprint density at radius 2 is 2.00 bits per heavy atom. The maximum atomic E-state index is 13.7. The lowest BCUT2D eigenvalue weighted by Crippen LogP contribution is -2.27. The minimum absolute atomic E-state index is 0.275. The lowest BCUT2D eigenvalue weighted by molar-refractivity contribution is 0.0938. The lowest BCUT2D eigenvalue weighted by Gasteiger charge is -2.15. The van der Waals surface area contributed by atoms with E-state index in [1.807, 2.05) is 0 Å². The molecule has 2 aromatic carbocycles. The molecular weight excluding hydrogens is 341 g/mol. The van der Waals surface area contributed by atoms with Crippen LogP contribution in [0.5, 0.6) is 0 Å². The highest BCUT2D eigenvalue weighted by molar-refractivity contribution is 9.10. The van der Waals surface area contributed by atoms with Crippen molar-refractivity contribution < 1.29 is 9.18 Å². The van der Waals surface area contributed by atoms with Gasteiger partial charge in [0.25, 0.3) is 5.91 Å². The smallest absolute Gasteiger partial charge is 0.252 e. The summed E-state index contributed by atoms with van der Waals surface area (Å²) in [6.45, 7) is 1.74. The van der Waals surface area contributed by atoms with Crippen LogP contribution < -0.4 is 5.32 Å². The Bertz CT molecular complexity index is 648. The van der Waals surface area contributed by atoms with Crippen molar-refractivity contribution in [2.24, 2.45) is 0 Å². The van der Waals surface area contributed by atoms with Crippen LogP contribution in [-0.4, -0.2) is 5.91 Å². The molecule has 2 rings (SSSR count). The van der Waals surface area contributed by atoms with Gasteiger partial charge in [-0.05, 0) is 47.1 Å². The van der Waals surface area contributed by atoms with Crippen molar-refractivity contribution >= 4 is 34.5 Å². The van der Waals surface area contributed by atoms with Crippen molar-refractivity contribution in [1.82, 2.24) is 5.32 Å². The zero-order valence-electron chi connectivity index (χ0n) is 10.7. The topological polar surface area (TPSA) is 29.1 Å².